The molecule has 1 aromatic heterocycles. The molecule has 2 aliphatic heterocycles. The van der Waals surface area contributed by atoms with Crippen molar-refractivity contribution in [1.82, 2.24) is 14.8 Å². The number of nitrogens with zero attached hydrogens (tertiary/aromatic N) is 3. The summed E-state index contributed by atoms with van der Waals surface area (Å²) < 4.78 is 10.7. The Hall–Kier alpha value is -2.97. The van der Waals surface area contributed by atoms with E-state index in [4.69, 9.17) is 9.47 Å². The van der Waals surface area contributed by atoms with E-state index < -0.39 is 24.1 Å². The van der Waals surface area contributed by atoms with Crippen LogP contribution < -0.4 is 0 Å². The van der Waals surface area contributed by atoms with Gasteiger partial charge < -0.3 is 19.3 Å². The van der Waals surface area contributed by atoms with Gasteiger partial charge in [0.05, 0.1) is 0 Å². The first-order valence-corrected chi connectivity index (χ1v) is 12.3. The van der Waals surface area contributed by atoms with Gasteiger partial charge in [-0.1, -0.05) is 31.7 Å². The number of hydrogen-bond donors (Lipinski definition) is 0. The molecule has 3 rings (SSSR count). The van der Waals surface area contributed by atoms with Crippen molar-refractivity contribution in [2.75, 3.05) is 26.2 Å². The van der Waals surface area contributed by atoms with E-state index in [0.717, 1.165) is 51.4 Å². The summed E-state index contributed by atoms with van der Waals surface area (Å²) >= 11 is 0. The molecule has 9 heteroatoms. The number of carbonyl (C=O) groups is 4. The van der Waals surface area contributed by atoms with E-state index in [1.165, 1.54) is 18.2 Å². The predicted octanol–water partition coefficient (Wildman–Crippen LogP) is 2.98. The Morgan fingerprint density at radius 1 is 0.676 bits per heavy atom. The molecule has 0 spiro atoms. The molecule has 9 nitrogen and oxygen atoms in total. The van der Waals surface area contributed by atoms with Gasteiger partial charge in [0.25, 0.3) is 11.8 Å². The molecule has 0 radical (unpaired) electrons. The van der Waals surface area contributed by atoms with Crippen LogP contribution in [0.5, 0.6) is 0 Å². The van der Waals surface area contributed by atoms with E-state index >= 15 is 0 Å². The zero-order valence-corrected chi connectivity index (χ0v) is 20.2. The molecule has 2 amide bonds. The van der Waals surface area contributed by atoms with E-state index in [-0.39, 0.29) is 23.2 Å². The summed E-state index contributed by atoms with van der Waals surface area (Å²) in [6, 6.07) is 4.31. The third kappa shape index (κ3) is 7.01. The van der Waals surface area contributed by atoms with Crippen molar-refractivity contribution in [3.63, 3.8) is 0 Å². The molecule has 1 aromatic rings. The van der Waals surface area contributed by atoms with Gasteiger partial charge in [-0.3, -0.25) is 9.59 Å². The molecule has 2 fully saturated rings. The Morgan fingerprint density at radius 2 is 1.03 bits per heavy atom. The second kappa shape index (κ2) is 12.5. The number of ether oxygens (including phenoxy) is 2. The molecule has 34 heavy (non-hydrogen) atoms. The number of likely N-dealkylation sites (tertiary alicyclic amines) is 2. The minimum absolute atomic E-state index is 0.100. The summed E-state index contributed by atoms with van der Waals surface area (Å²) in [5.74, 6) is -2.05. The van der Waals surface area contributed by atoms with Crippen molar-refractivity contribution in [2.24, 2.45) is 0 Å². The maximum atomic E-state index is 12.6. The molecule has 0 N–H and O–H groups in total. The standard InChI is InChI=1S/C25H35N3O6/c1-18(22(29)27-14-7-3-4-8-15-27)33-24(31)20-12-11-13-21(26-20)25(32)34-19(2)23(30)28-16-9-5-6-10-17-28/h11-13,18-19H,3-10,14-17H2,1-2H3. The summed E-state index contributed by atoms with van der Waals surface area (Å²) in [5.41, 5.74) is -0.201. The van der Waals surface area contributed by atoms with Crippen molar-refractivity contribution in [3.05, 3.63) is 29.6 Å². The fourth-order valence-electron chi connectivity index (χ4n) is 4.30. The maximum absolute atomic E-state index is 12.6. The predicted molar refractivity (Wildman–Crippen MR) is 124 cm³/mol. The molecule has 2 unspecified atom stereocenters. The van der Waals surface area contributed by atoms with Crippen LogP contribution in [0.2, 0.25) is 0 Å². The SMILES string of the molecule is CC(OC(=O)c1cccc(C(=O)OC(C)C(=O)N2CCCCCC2)n1)C(=O)N1CCCCCC1. The number of carbonyl (C=O) groups excluding carboxylic acids is 4. The molecule has 2 aliphatic rings. The first kappa shape index (κ1) is 25.6. The molecule has 2 saturated heterocycles. The highest BCUT2D eigenvalue weighted by atomic mass is 16.6. The minimum Gasteiger partial charge on any atom is -0.448 e. The highest BCUT2D eigenvalue weighted by Crippen LogP contribution is 2.14. The van der Waals surface area contributed by atoms with Crippen LogP contribution in [0.1, 0.15) is 86.2 Å². The van der Waals surface area contributed by atoms with E-state index in [0.29, 0.717) is 26.2 Å². The van der Waals surface area contributed by atoms with Crippen molar-refractivity contribution >= 4 is 23.8 Å². The van der Waals surface area contributed by atoms with E-state index in [9.17, 15) is 19.2 Å². The number of amides is 2. The number of rotatable bonds is 6. The minimum atomic E-state index is -0.950. The van der Waals surface area contributed by atoms with E-state index in [1.54, 1.807) is 23.6 Å². The lowest BCUT2D eigenvalue weighted by Gasteiger charge is -2.24. The number of esters is 2. The van der Waals surface area contributed by atoms with Gasteiger partial charge in [0.15, 0.2) is 12.2 Å². The van der Waals surface area contributed by atoms with Crippen LogP contribution in [-0.2, 0) is 19.1 Å². The Morgan fingerprint density at radius 3 is 1.38 bits per heavy atom. The van der Waals surface area contributed by atoms with Crippen molar-refractivity contribution < 1.29 is 28.7 Å². The lowest BCUT2D eigenvalue weighted by Crippen LogP contribution is -2.40. The summed E-state index contributed by atoms with van der Waals surface area (Å²) in [6.07, 6.45) is 6.23. The van der Waals surface area contributed by atoms with Crippen molar-refractivity contribution in [2.45, 2.75) is 77.4 Å². The lowest BCUT2D eigenvalue weighted by molar-refractivity contribution is -0.140. The first-order chi connectivity index (χ1) is 16.4. The topological polar surface area (TPSA) is 106 Å². The second-order valence-corrected chi connectivity index (χ2v) is 8.98. The Labute approximate surface area is 200 Å². The number of aromatic nitrogens is 1. The smallest absolute Gasteiger partial charge is 0.357 e. The van der Waals surface area contributed by atoms with E-state index in [2.05, 4.69) is 4.98 Å². The van der Waals surface area contributed by atoms with Crippen molar-refractivity contribution in [3.8, 4) is 0 Å². The van der Waals surface area contributed by atoms with Crippen LogP contribution in [0.15, 0.2) is 18.2 Å². The van der Waals surface area contributed by atoms with Crippen molar-refractivity contribution in [1.29, 1.82) is 0 Å². The average Bonchev–Trinajstić information content (AvgIpc) is 3.28. The first-order valence-electron chi connectivity index (χ1n) is 12.3. The summed E-state index contributed by atoms with van der Waals surface area (Å²) in [6.45, 7) is 5.73. The van der Waals surface area contributed by atoms with Gasteiger partial charge in [-0.15, -0.1) is 0 Å². The second-order valence-electron chi connectivity index (χ2n) is 8.98. The van der Waals surface area contributed by atoms with Gasteiger partial charge in [0, 0.05) is 26.2 Å². The van der Waals surface area contributed by atoms with Crippen LogP contribution in [-0.4, -0.2) is 76.9 Å². The lowest BCUT2D eigenvalue weighted by atomic mass is 10.2. The van der Waals surface area contributed by atoms with Crippen LogP contribution in [0.25, 0.3) is 0 Å². The van der Waals surface area contributed by atoms with Gasteiger partial charge in [-0.05, 0) is 51.7 Å². The fourth-order valence-corrected chi connectivity index (χ4v) is 4.30. The van der Waals surface area contributed by atoms with Crippen LogP contribution in [0, 0.1) is 0 Å². The largest absolute Gasteiger partial charge is 0.448 e. The quantitative estimate of drug-likeness (QED) is 0.585. The molecular formula is C25H35N3O6. The third-order valence-corrected chi connectivity index (χ3v) is 6.27. The molecule has 3 heterocycles. The molecule has 0 saturated carbocycles. The molecule has 0 bridgehead atoms. The summed E-state index contributed by atoms with van der Waals surface area (Å²) in [7, 11) is 0. The van der Waals surface area contributed by atoms with Crippen LogP contribution >= 0.6 is 0 Å². The van der Waals surface area contributed by atoms with Gasteiger partial charge in [0.1, 0.15) is 11.4 Å². The van der Waals surface area contributed by atoms with Gasteiger partial charge in [-0.25, -0.2) is 14.6 Å². The summed E-state index contributed by atoms with van der Waals surface area (Å²) in [5, 5.41) is 0. The highest BCUT2D eigenvalue weighted by molar-refractivity contribution is 5.94. The van der Waals surface area contributed by atoms with Crippen LogP contribution in [0.3, 0.4) is 0 Å². The van der Waals surface area contributed by atoms with Crippen LogP contribution in [0.4, 0.5) is 0 Å². The maximum Gasteiger partial charge on any atom is 0.357 e. The zero-order valence-electron chi connectivity index (χ0n) is 20.2. The van der Waals surface area contributed by atoms with Gasteiger partial charge in [-0.2, -0.15) is 0 Å². The van der Waals surface area contributed by atoms with E-state index in [1.807, 2.05) is 0 Å². The third-order valence-electron chi connectivity index (χ3n) is 6.27. The monoisotopic (exact) mass is 473 g/mol. The Bertz CT molecular complexity index is 806. The number of hydrogen-bond acceptors (Lipinski definition) is 7. The molecule has 186 valence electrons. The molecule has 2 atom stereocenters. The Balaban J connectivity index is 1.57. The average molecular weight is 474 g/mol. The fraction of sp³-hybridized carbons (Fsp3) is 0.640. The number of pyridine rings is 1. The Kier molecular flexibility index (Phi) is 9.42. The zero-order chi connectivity index (χ0) is 24.5. The summed E-state index contributed by atoms with van der Waals surface area (Å²) in [4.78, 5) is 58.0. The van der Waals surface area contributed by atoms with Gasteiger partial charge >= 0.3 is 11.9 Å². The molecule has 0 aliphatic carbocycles. The highest BCUT2D eigenvalue weighted by Gasteiger charge is 2.27. The van der Waals surface area contributed by atoms with Gasteiger partial charge in [0.2, 0.25) is 0 Å². The molecular weight excluding hydrogens is 438 g/mol. The normalized spacial score (nSPS) is 18.8. The molecule has 0 aromatic carbocycles.